The average Bonchev–Trinajstić information content (AvgIpc) is 3.14. The van der Waals surface area contributed by atoms with Crippen molar-refractivity contribution in [1.82, 2.24) is 14.4 Å². The second-order valence-corrected chi connectivity index (χ2v) is 9.58. The molecule has 1 saturated heterocycles. The van der Waals surface area contributed by atoms with E-state index in [9.17, 15) is 19.2 Å². The van der Waals surface area contributed by atoms with Crippen molar-refractivity contribution in [2.45, 2.75) is 20.4 Å². The number of rotatable bonds is 7. The number of amides is 3. The number of thiazole rings is 1. The average molecular weight is 509 g/mol. The number of piperazine rings is 1. The number of benzene rings is 1. The first-order valence-corrected chi connectivity index (χ1v) is 12.8. The van der Waals surface area contributed by atoms with Crippen LogP contribution in [0.15, 0.2) is 23.2 Å². The number of aromatic nitrogens is 1. The topological polar surface area (TPSA) is 111 Å². The van der Waals surface area contributed by atoms with Gasteiger partial charge < -0.3 is 23.8 Å². The van der Waals surface area contributed by atoms with Crippen LogP contribution in [-0.2, 0) is 30.4 Å². The molecule has 34 heavy (non-hydrogen) atoms. The predicted molar refractivity (Wildman–Crippen MR) is 130 cm³/mol. The molecular formula is C22H28N4O6S2. The predicted octanol–water partition coefficient (Wildman–Crippen LogP) is 1.65. The van der Waals surface area contributed by atoms with E-state index in [1.54, 1.807) is 21.3 Å². The van der Waals surface area contributed by atoms with Crippen LogP contribution in [0.3, 0.4) is 0 Å². The van der Waals surface area contributed by atoms with Crippen LogP contribution in [0.2, 0.25) is 0 Å². The molecule has 0 atom stereocenters. The van der Waals surface area contributed by atoms with Gasteiger partial charge in [0.25, 0.3) is 5.91 Å². The van der Waals surface area contributed by atoms with Crippen molar-refractivity contribution >= 4 is 57.2 Å². The minimum absolute atomic E-state index is 0.0417. The first-order valence-electron chi connectivity index (χ1n) is 10.8. The molecule has 1 aliphatic heterocycles. The molecule has 3 amide bonds. The summed E-state index contributed by atoms with van der Waals surface area (Å²) < 4.78 is 12.3. The Morgan fingerprint density at radius 1 is 1.09 bits per heavy atom. The normalized spacial score (nSPS) is 14.4. The summed E-state index contributed by atoms with van der Waals surface area (Å²) in [6, 6.07) is 5.80. The Morgan fingerprint density at radius 2 is 1.79 bits per heavy atom. The van der Waals surface area contributed by atoms with Gasteiger partial charge in [-0.1, -0.05) is 17.4 Å². The highest BCUT2D eigenvalue weighted by molar-refractivity contribution is 8.00. The number of ether oxygens (including phenoxy) is 2. The maximum atomic E-state index is 12.5. The molecule has 10 nitrogen and oxygen atoms in total. The highest BCUT2D eigenvalue weighted by Crippen LogP contribution is 2.19. The molecule has 0 aliphatic carbocycles. The largest absolute Gasteiger partial charge is 0.468 e. The maximum absolute atomic E-state index is 12.5. The molecule has 0 bridgehead atoms. The maximum Gasteiger partial charge on any atom is 0.409 e. The van der Waals surface area contributed by atoms with Crippen LogP contribution in [0, 0.1) is 6.92 Å². The number of methoxy groups -OCH3 is 1. The monoisotopic (exact) mass is 508 g/mol. The summed E-state index contributed by atoms with van der Waals surface area (Å²) in [5, 5.41) is 0. The number of hydrogen-bond acceptors (Lipinski definition) is 8. The van der Waals surface area contributed by atoms with Gasteiger partial charge in [-0.15, -0.1) is 11.8 Å². The summed E-state index contributed by atoms with van der Waals surface area (Å²) in [5.74, 6) is -0.711. The van der Waals surface area contributed by atoms with E-state index in [-0.39, 0.29) is 36.0 Å². The van der Waals surface area contributed by atoms with E-state index in [1.807, 2.05) is 25.1 Å². The van der Waals surface area contributed by atoms with Crippen LogP contribution in [0.1, 0.15) is 12.5 Å². The van der Waals surface area contributed by atoms with Crippen molar-refractivity contribution in [1.29, 1.82) is 0 Å². The molecule has 1 fully saturated rings. The highest BCUT2D eigenvalue weighted by Gasteiger charge is 2.24. The van der Waals surface area contributed by atoms with Gasteiger partial charge in [0.15, 0.2) is 4.80 Å². The van der Waals surface area contributed by atoms with E-state index in [1.165, 1.54) is 30.2 Å². The van der Waals surface area contributed by atoms with Crippen molar-refractivity contribution in [2.24, 2.45) is 4.99 Å². The Kier molecular flexibility index (Phi) is 9.11. The first kappa shape index (κ1) is 25.8. The van der Waals surface area contributed by atoms with Gasteiger partial charge >= 0.3 is 12.1 Å². The third kappa shape index (κ3) is 6.60. The van der Waals surface area contributed by atoms with Crippen molar-refractivity contribution in [3.63, 3.8) is 0 Å². The van der Waals surface area contributed by atoms with Gasteiger partial charge in [-0.05, 0) is 31.5 Å². The van der Waals surface area contributed by atoms with Gasteiger partial charge in [-0.2, -0.15) is 4.99 Å². The number of esters is 1. The fraction of sp³-hybridized carbons (Fsp3) is 0.500. The fourth-order valence-electron chi connectivity index (χ4n) is 3.42. The Morgan fingerprint density at radius 3 is 2.47 bits per heavy atom. The summed E-state index contributed by atoms with van der Waals surface area (Å²) in [5.41, 5.74) is 1.87. The molecule has 2 heterocycles. The lowest BCUT2D eigenvalue weighted by Gasteiger charge is -2.34. The number of carbonyl (C=O) groups excluding carboxylic acids is 4. The van der Waals surface area contributed by atoms with Crippen molar-refractivity contribution in [3.05, 3.63) is 28.6 Å². The molecule has 1 aromatic carbocycles. The van der Waals surface area contributed by atoms with E-state index in [0.717, 1.165) is 15.8 Å². The minimum atomic E-state index is -0.433. The molecule has 3 rings (SSSR count). The Balaban J connectivity index is 1.58. The van der Waals surface area contributed by atoms with Crippen LogP contribution in [0.5, 0.6) is 0 Å². The van der Waals surface area contributed by atoms with E-state index >= 15 is 0 Å². The van der Waals surface area contributed by atoms with Gasteiger partial charge in [0.1, 0.15) is 6.54 Å². The molecule has 0 unspecified atom stereocenters. The zero-order valence-electron chi connectivity index (χ0n) is 19.4. The van der Waals surface area contributed by atoms with E-state index in [4.69, 9.17) is 9.47 Å². The second kappa shape index (κ2) is 12.0. The fourth-order valence-corrected chi connectivity index (χ4v) is 5.26. The Labute approximate surface area is 205 Å². The summed E-state index contributed by atoms with van der Waals surface area (Å²) in [4.78, 5) is 56.5. The zero-order valence-corrected chi connectivity index (χ0v) is 21.1. The smallest absolute Gasteiger partial charge is 0.409 e. The van der Waals surface area contributed by atoms with Gasteiger partial charge in [0, 0.05) is 26.2 Å². The van der Waals surface area contributed by atoms with Gasteiger partial charge in [-0.3, -0.25) is 14.4 Å². The third-order valence-electron chi connectivity index (χ3n) is 5.18. The van der Waals surface area contributed by atoms with Crippen molar-refractivity contribution in [2.75, 3.05) is 51.4 Å². The molecular weight excluding hydrogens is 480 g/mol. The Bertz CT molecular complexity index is 1130. The zero-order chi connectivity index (χ0) is 24.7. The van der Waals surface area contributed by atoms with Crippen LogP contribution >= 0.6 is 23.1 Å². The third-order valence-corrected chi connectivity index (χ3v) is 7.13. The number of fused-ring (bicyclic) bond motifs is 1. The minimum Gasteiger partial charge on any atom is -0.468 e. The summed E-state index contributed by atoms with van der Waals surface area (Å²) in [6.45, 7) is 5.71. The molecule has 184 valence electrons. The molecule has 0 radical (unpaired) electrons. The number of aryl methyl sites for hydroxylation is 1. The number of thioether (sulfide) groups is 1. The molecule has 0 saturated carbocycles. The summed E-state index contributed by atoms with van der Waals surface area (Å²) in [7, 11) is 1.31. The van der Waals surface area contributed by atoms with Crippen LogP contribution < -0.4 is 4.80 Å². The molecule has 12 heteroatoms. The SMILES string of the molecule is CCOC(=O)N1CCN(C(=O)CSCC(=O)N=c2sc3cc(C)ccc3n2CC(=O)OC)CC1. The highest BCUT2D eigenvalue weighted by atomic mass is 32.2. The first-order chi connectivity index (χ1) is 16.3. The lowest BCUT2D eigenvalue weighted by atomic mass is 10.2. The van der Waals surface area contributed by atoms with Gasteiger partial charge in [0.05, 0.1) is 35.4 Å². The Hall–Kier alpha value is -2.86. The summed E-state index contributed by atoms with van der Waals surface area (Å²) in [6.07, 6.45) is -0.364. The second-order valence-electron chi connectivity index (χ2n) is 7.58. The number of hydrogen-bond donors (Lipinski definition) is 0. The van der Waals surface area contributed by atoms with Crippen molar-refractivity contribution < 1.29 is 28.7 Å². The lowest BCUT2D eigenvalue weighted by molar-refractivity contribution is -0.141. The number of nitrogens with zero attached hydrogens (tertiary/aromatic N) is 4. The van der Waals surface area contributed by atoms with Gasteiger partial charge in [0.2, 0.25) is 5.91 Å². The van der Waals surface area contributed by atoms with Crippen molar-refractivity contribution in [3.8, 4) is 0 Å². The number of carbonyl (C=O) groups is 4. The van der Waals surface area contributed by atoms with Crippen LogP contribution in [0.4, 0.5) is 4.79 Å². The van der Waals surface area contributed by atoms with E-state index in [2.05, 4.69) is 4.99 Å². The van der Waals surface area contributed by atoms with Crippen LogP contribution in [0.25, 0.3) is 10.2 Å². The van der Waals surface area contributed by atoms with E-state index in [0.29, 0.717) is 37.6 Å². The van der Waals surface area contributed by atoms with E-state index < -0.39 is 5.97 Å². The van der Waals surface area contributed by atoms with Crippen LogP contribution in [-0.4, -0.2) is 89.6 Å². The quantitative estimate of drug-likeness (QED) is 0.523. The lowest BCUT2D eigenvalue weighted by Crippen LogP contribution is -2.51. The molecule has 1 aromatic heterocycles. The standard InChI is InChI=1S/C22H28N4O6S2/c1-4-32-22(30)25-9-7-24(8-10-25)19(28)14-33-13-18(27)23-21-26(12-20(29)31-3)16-6-5-15(2)11-17(16)34-21/h5-6,11H,4,7-10,12-14H2,1-3H3. The molecule has 2 aromatic rings. The molecule has 1 aliphatic rings. The summed E-state index contributed by atoms with van der Waals surface area (Å²) >= 11 is 2.52. The van der Waals surface area contributed by atoms with Gasteiger partial charge in [-0.25, -0.2) is 4.79 Å². The molecule has 0 N–H and O–H groups in total. The molecule has 0 spiro atoms.